The van der Waals surface area contributed by atoms with Gasteiger partial charge >= 0.3 is 0 Å². The molecule has 1 aromatic rings. The van der Waals surface area contributed by atoms with E-state index >= 15 is 0 Å². The minimum atomic E-state index is 0.176. The van der Waals surface area contributed by atoms with Gasteiger partial charge in [-0.25, -0.2) is 0 Å². The standard InChI is InChI=1S/C11H12N2OS/c12-8-3-1-2-4-9(8)13-7-5-10(11(13)14)15-6-7/h1-4,7,10H,5-6,12H2. The number of para-hydroxylation sites is 2. The van der Waals surface area contributed by atoms with Gasteiger partial charge in [-0.15, -0.1) is 11.8 Å². The number of nitrogens with two attached hydrogens (primary N) is 1. The smallest absolute Gasteiger partial charge is 0.240 e. The second kappa shape index (κ2) is 3.17. The maximum Gasteiger partial charge on any atom is 0.240 e. The van der Waals surface area contributed by atoms with Gasteiger partial charge in [-0.1, -0.05) is 12.1 Å². The maximum atomic E-state index is 12.0. The van der Waals surface area contributed by atoms with Gasteiger partial charge in [0.25, 0.3) is 0 Å². The molecule has 2 aliphatic heterocycles. The molecule has 0 aliphatic carbocycles. The number of rotatable bonds is 1. The summed E-state index contributed by atoms with van der Waals surface area (Å²) in [6, 6.07) is 7.96. The van der Waals surface area contributed by atoms with Crippen LogP contribution in [0.2, 0.25) is 0 Å². The first-order chi connectivity index (χ1) is 7.27. The molecule has 0 spiro atoms. The summed E-state index contributed by atoms with van der Waals surface area (Å²) in [6.45, 7) is 0. The maximum absolute atomic E-state index is 12.0. The summed E-state index contributed by atoms with van der Waals surface area (Å²) in [5.74, 6) is 1.28. The molecule has 4 heteroatoms. The number of benzene rings is 1. The quantitative estimate of drug-likeness (QED) is 0.729. The van der Waals surface area contributed by atoms with Gasteiger partial charge in [0.2, 0.25) is 5.91 Å². The molecule has 3 nitrogen and oxygen atoms in total. The molecule has 2 N–H and O–H groups in total. The van der Waals surface area contributed by atoms with Gasteiger partial charge in [-0.05, 0) is 18.6 Å². The van der Waals surface area contributed by atoms with E-state index in [1.165, 1.54) is 0 Å². The first-order valence-electron chi connectivity index (χ1n) is 5.06. The fraction of sp³-hybridized carbons (Fsp3) is 0.364. The molecule has 0 saturated carbocycles. The summed E-state index contributed by atoms with van der Waals surface area (Å²) < 4.78 is 0. The Bertz CT molecular complexity index is 421. The summed E-state index contributed by atoms with van der Waals surface area (Å²) in [5.41, 5.74) is 7.48. The summed E-state index contributed by atoms with van der Waals surface area (Å²) in [4.78, 5) is 13.9. The van der Waals surface area contributed by atoms with Crippen molar-refractivity contribution in [2.45, 2.75) is 17.7 Å². The van der Waals surface area contributed by atoms with Crippen LogP contribution in [0.1, 0.15) is 6.42 Å². The number of hydrogen-bond acceptors (Lipinski definition) is 3. The Morgan fingerprint density at radius 3 is 2.87 bits per heavy atom. The second-order valence-electron chi connectivity index (χ2n) is 3.98. The van der Waals surface area contributed by atoms with E-state index in [1.807, 2.05) is 29.2 Å². The number of amides is 1. The summed E-state index contributed by atoms with van der Waals surface area (Å²) in [7, 11) is 0. The number of carbonyl (C=O) groups excluding carboxylic acids is 1. The van der Waals surface area contributed by atoms with Crippen LogP contribution >= 0.6 is 11.8 Å². The molecule has 15 heavy (non-hydrogen) atoms. The Kier molecular flexibility index (Phi) is 1.92. The van der Waals surface area contributed by atoms with E-state index in [2.05, 4.69) is 0 Å². The van der Waals surface area contributed by atoms with Crippen LogP contribution in [0.25, 0.3) is 0 Å². The van der Waals surface area contributed by atoms with Gasteiger partial charge in [0, 0.05) is 11.8 Å². The highest BCUT2D eigenvalue weighted by Gasteiger charge is 2.46. The fourth-order valence-electron chi connectivity index (χ4n) is 2.32. The third-order valence-electron chi connectivity index (χ3n) is 3.05. The SMILES string of the molecule is Nc1ccccc1N1C(=O)C2CC1CS2. The van der Waals surface area contributed by atoms with E-state index in [4.69, 9.17) is 5.73 Å². The molecule has 78 valence electrons. The number of anilines is 2. The third kappa shape index (κ3) is 1.24. The lowest BCUT2D eigenvalue weighted by Crippen LogP contribution is -2.39. The molecule has 1 amide bonds. The summed E-state index contributed by atoms with van der Waals surface area (Å²) >= 11 is 1.77. The largest absolute Gasteiger partial charge is 0.397 e. The lowest BCUT2D eigenvalue weighted by atomic mass is 10.2. The van der Waals surface area contributed by atoms with Crippen molar-refractivity contribution in [2.24, 2.45) is 0 Å². The molecule has 2 atom stereocenters. The first-order valence-corrected chi connectivity index (χ1v) is 6.11. The third-order valence-corrected chi connectivity index (χ3v) is 4.42. The van der Waals surface area contributed by atoms with Gasteiger partial charge in [0.1, 0.15) is 0 Å². The van der Waals surface area contributed by atoms with Crippen LogP contribution in [-0.4, -0.2) is 23.0 Å². The number of thioether (sulfide) groups is 1. The molecular formula is C11H12N2OS. The molecule has 2 aliphatic rings. The summed E-state index contributed by atoms with van der Waals surface area (Å²) in [6.07, 6.45) is 0.984. The van der Waals surface area contributed by atoms with Crippen LogP contribution in [0.3, 0.4) is 0 Å². The number of fused-ring (bicyclic) bond motifs is 2. The molecule has 0 radical (unpaired) electrons. The van der Waals surface area contributed by atoms with E-state index in [1.54, 1.807) is 11.8 Å². The van der Waals surface area contributed by atoms with E-state index in [-0.39, 0.29) is 11.2 Å². The van der Waals surface area contributed by atoms with Crippen LogP contribution < -0.4 is 10.6 Å². The Morgan fingerprint density at radius 1 is 1.40 bits per heavy atom. The molecule has 2 unspecified atom stereocenters. The van der Waals surface area contributed by atoms with Gasteiger partial charge in [0.15, 0.2) is 0 Å². The van der Waals surface area contributed by atoms with Crippen molar-refractivity contribution < 1.29 is 4.79 Å². The van der Waals surface area contributed by atoms with Crippen molar-refractivity contribution >= 4 is 29.0 Å². The molecule has 2 fully saturated rings. The average Bonchev–Trinajstić information content (AvgIpc) is 2.80. The molecule has 2 bridgehead atoms. The lowest BCUT2D eigenvalue weighted by Gasteiger charge is -2.27. The molecular weight excluding hydrogens is 208 g/mol. The van der Waals surface area contributed by atoms with Crippen molar-refractivity contribution in [3.8, 4) is 0 Å². The van der Waals surface area contributed by atoms with Gasteiger partial charge in [0.05, 0.1) is 16.6 Å². The Labute approximate surface area is 92.6 Å². The van der Waals surface area contributed by atoms with Crippen molar-refractivity contribution in [3.05, 3.63) is 24.3 Å². The van der Waals surface area contributed by atoms with Gasteiger partial charge in [-0.2, -0.15) is 0 Å². The van der Waals surface area contributed by atoms with Crippen molar-refractivity contribution in [1.82, 2.24) is 0 Å². The number of carbonyl (C=O) groups is 1. The lowest BCUT2D eigenvalue weighted by molar-refractivity contribution is -0.116. The molecule has 1 aromatic carbocycles. The van der Waals surface area contributed by atoms with E-state index in [0.29, 0.717) is 11.7 Å². The summed E-state index contributed by atoms with van der Waals surface area (Å²) in [5, 5.41) is 0.176. The highest BCUT2D eigenvalue weighted by Crippen LogP contribution is 2.42. The zero-order valence-corrected chi connectivity index (χ0v) is 9.04. The zero-order valence-electron chi connectivity index (χ0n) is 8.22. The average molecular weight is 220 g/mol. The van der Waals surface area contributed by atoms with Crippen LogP contribution in [0.4, 0.5) is 11.4 Å². The van der Waals surface area contributed by atoms with Crippen LogP contribution in [0.5, 0.6) is 0 Å². The number of hydrogen-bond donors (Lipinski definition) is 1. The monoisotopic (exact) mass is 220 g/mol. The molecule has 0 aromatic heterocycles. The van der Waals surface area contributed by atoms with E-state index < -0.39 is 0 Å². The predicted octanol–water partition coefficient (Wildman–Crippen LogP) is 1.49. The predicted molar refractivity (Wildman–Crippen MR) is 63.0 cm³/mol. The van der Waals surface area contributed by atoms with E-state index in [0.717, 1.165) is 17.9 Å². The second-order valence-corrected chi connectivity index (χ2v) is 5.21. The number of nitrogen functional groups attached to an aromatic ring is 1. The zero-order chi connectivity index (χ0) is 10.4. The first kappa shape index (κ1) is 9.09. The Morgan fingerprint density at radius 2 is 2.20 bits per heavy atom. The van der Waals surface area contributed by atoms with Crippen LogP contribution in [0, 0.1) is 0 Å². The van der Waals surface area contributed by atoms with Crippen molar-refractivity contribution in [2.75, 3.05) is 16.4 Å². The Balaban J connectivity index is 2.02. The molecule has 2 heterocycles. The van der Waals surface area contributed by atoms with E-state index in [9.17, 15) is 4.79 Å². The normalized spacial score (nSPS) is 28.8. The molecule has 3 rings (SSSR count). The minimum Gasteiger partial charge on any atom is -0.397 e. The Hall–Kier alpha value is -1.16. The number of nitrogens with zero attached hydrogens (tertiary/aromatic N) is 1. The van der Waals surface area contributed by atoms with Crippen molar-refractivity contribution in [1.29, 1.82) is 0 Å². The van der Waals surface area contributed by atoms with Gasteiger partial charge in [-0.3, -0.25) is 4.79 Å². The van der Waals surface area contributed by atoms with Crippen LogP contribution in [0.15, 0.2) is 24.3 Å². The molecule has 2 saturated heterocycles. The topological polar surface area (TPSA) is 46.3 Å². The van der Waals surface area contributed by atoms with Crippen molar-refractivity contribution in [3.63, 3.8) is 0 Å². The fourth-order valence-corrected chi connectivity index (χ4v) is 3.67. The van der Waals surface area contributed by atoms with Gasteiger partial charge < -0.3 is 10.6 Å². The highest BCUT2D eigenvalue weighted by atomic mass is 32.2. The minimum absolute atomic E-state index is 0.176. The highest BCUT2D eigenvalue weighted by molar-refractivity contribution is 8.01. The van der Waals surface area contributed by atoms with Crippen LogP contribution in [-0.2, 0) is 4.79 Å².